The van der Waals surface area contributed by atoms with Gasteiger partial charge in [-0.15, -0.1) is 0 Å². The van der Waals surface area contributed by atoms with E-state index in [1.807, 2.05) is 16.6 Å². The van der Waals surface area contributed by atoms with Gasteiger partial charge in [0.1, 0.15) is 28.7 Å². The number of benzene rings is 1. The summed E-state index contributed by atoms with van der Waals surface area (Å²) in [6.07, 6.45) is 5.42. The van der Waals surface area contributed by atoms with Gasteiger partial charge in [-0.1, -0.05) is 18.2 Å². The topological polar surface area (TPSA) is 137 Å². The Kier molecular flexibility index (Phi) is 8.04. The van der Waals surface area contributed by atoms with Crippen molar-refractivity contribution in [1.82, 2.24) is 24.7 Å². The van der Waals surface area contributed by atoms with Crippen molar-refractivity contribution in [2.45, 2.75) is 50.2 Å². The molecule has 228 valence electrons. The summed E-state index contributed by atoms with van der Waals surface area (Å²) >= 11 is 0. The number of carbonyl (C=O) groups excluding carboxylic acids is 2. The van der Waals surface area contributed by atoms with Crippen LogP contribution in [0.1, 0.15) is 65.5 Å². The molecule has 1 saturated carbocycles. The molecule has 4 N–H and O–H groups in total. The number of amides is 2. The van der Waals surface area contributed by atoms with E-state index in [0.29, 0.717) is 42.8 Å². The van der Waals surface area contributed by atoms with E-state index in [4.69, 9.17) is 15.5 Å². The fourth-order valence-electron chi connectivity index (χ4n) is 5.69. The summed E-state index contributed by atoms with van der Waals surface area (Å²) in [6, 6.07) is 8.20. The smallest absolute Gasteiger partial charge is 0.382 e. The van der Waals surface area contributed by atoms with Crippen LogP contribution in [0.15, 0.2) is 54.9 Å². The maximum atomic E-state index is 13.1. The molecular formula is C31H30F3N7O3. The fourth-order valence-corrected chi connectivity index (χ4v) is 5.69. The van der Waals surface area contributed by atoms with Crippen molar-refractivity contribution in [3.05, 3.63) is 77.5 Å². The number of nitrogen functional groups attached to an aromatic ring is 1. The molecular weight excluding hydrogens is 575 g/mol. The number of pyridine rings is 1. The van der Waals surface area contributed by atoms with Crippen molar-refractivity contribution < 1.29 is 27.5 Å². The number of ether oxygens (including phenoxy) is 1. The Bertz CT molecular complexity index is 1730. The van der Waals surface area contributed by atoms with Crippen molar-refractivity contribution >= 4 is 35.0 Å². The maximum Gasteiger partial charge on any atom is 0.416 e. The van der Waals surface area contributed by atoms with Crippen LogP contribution >= 0.6 is 0 Å². The quantitative estimate of drug-likeness (QED) is 0.291. The Morgan fingerprint density at radius 2 is 1.93 bits per heavy atom. The minimum absolute atomic E-state index is 0.0238. The van der Waals surface area contributed by atoms with Crippen LogP contribution < -0.4 is 16.4 Å². The Hall–Kier alpha value is -4.78. The van der Waals surface area contributed by atoms with Gasteiger partial charge in [-0.25, -0.2) is 15.0 Å². The number of halogens is 3. The van der Waals surface area contributed by atoms with Gasteiger partial charge in [-0.05, 0) is 56.0 Å². The second-order valence-electron chi connectivity index (χ2n) is 10.9. The van der Waals surface area contributed by atoms with Crippen LogP contribution in [0.2, 0.25) is 0 Å². The van der Waals surface area contributed by atoms with Gasteiger partial charge < -0.3 is 21.1 Å². The van der Waals surface area contributed by atoms with Crippen LogP contribution in [-0.2, 0) is 15.7 Å². The molecule has 1 aliphatic heterocycles. The molecule has 13 heteroatoms. The first-order valence-corrected chi connectivity index (χ1v) is 14.3. The molecule has 44 heavy (non-hydrogen) atoms. The maximum absolute atomic E-state index is 13.1. The highest BCUT2D eigenvalue weighted by atomic mass is 19.4. The van der Waals surface area contributed by atoms with E-state index in [1.165, 1.54) is 0 Å². The molecule has 4 heterocycles. The third-order valence-corrected chi connectivity index (χ3v) is 7.84. The standard InChI is InChI=1S/C31H30F3N7O3/c32-31(33,34)21-10-12-36-24(16-21)39-30(43)19-6-4-18(5-7-19)26-27-28(35)37-17-23-3-1-2-13-44-14-11-25(42)38-22-9-8-20(15-22)29(40-26)41(23)27/h1,3-7,10,12,16-17,20,22H,2,8-9,11,13-15H2,(H2,35,37)(H,38,42)(H,36,39,43)/b3-1+/t20-,22?/m1/s1. The number of aromatic nitrogens is 4. The SMILES string of the molecule is Nc1ncc2n3c(nc(-c4ccc(C(=O)Nc5cc(C(F)(F)F)ccn5)cc4)c13)[C@@H]1CCC(C1)NC(=O)CCOCC/C=C/2. The molecule has 2 bridgehead atoms. The van der Waals surface area contributed by atoms with Crippen molar-refractivity contribution in [2.24, 2.45) is 0 Å². The Balaban J connectivity index is 1.34. The molecule has 1 unspecified atom stereocenters. The molecule has 0 saturated heterocycles. The lowest BCUT2D eigenvalue weighted by atomic mass is 10.1. The number of imidazole rings is 1. The van der Waals surface area contributed by atoms with Gasteiger partial charge in [0.15, 0.2) is 0 Å². The summed E-state index contributed by atoms with van der Waals surface area (Å²) in [5, 5.41) is 5.54. The molecule has 0 radical (unpaired) electrons. The number of nitrogens with two attached hydrogens (primary N) is 1. The van der Waals surface area contributed by atoms with Gasteiger partial charge in [-0.2, -0.15) is 13.2 Å². The summed E-state index contributed by atoms with van der Waals surface area (Å²) in [5.74, 6) is 0.311. The molecule has 4 aromatic rings. The van der Waals surface area contributed by atoms with Crippen LogP contribution in [0.25, 0.3) is 22.9 Å². The zero-order valence-electron chi connectivity index (χ0n) is 23.6. The molecule has 1 aromatic carbocycles. The fraction of sp³-hybridized carbons (Fsp3) is 0.323. The summed E-state index contributed by atoms with van der Waals surface area (Å²) in [7, 11) is 0. The Morgan fingerprint density at radius 1 is 1.11 bits per heavy atom. The monoisotopic (exact) mass is 605 g/mol. The van der Waals surface area contributed by atoms with Crippen LogP contribution in [-0.4, -0.2) is 50.4 Å². The number of anilines is 2. The minimum atomic E-state index is -4.56. The molecule has 2 atom stereocenters. The molecule has 6 rings (SSSR count). The predicted molar refractivity (Wildman–Crippen MR) is 158 cm³/mol. The van der Waals surface area contributed by atoms with E-state index in [0.717, 1.165) is 49.1 Å². The number of nitrogens with one attached hydrogen (secondary N) is 2. The van der Waals surface area contributed by atoms with E-state index >= 15 is 0 Å². The van der Waals surface area contributed by atoms with Crippen molar-refractivity contribution in [3.8, 4) is 11.3 Å². The van der Waals surface area contributed by atoms with E-state index < -0.39 is 17.6 Å². The average molecular weight is 606 g/mol. The first-order chi connectivity index (χ1) is 21.2. The zero-order chi connectivity index (χ0) is 30.8. The normalized spacial score (nSPS) is 20.0. The largest absolute Gasteiger partial charge is 0.416 e. The van der Waals surface area contributed by atoms with Gasteiger partial charge in [0.2, 0.25) is 5.91 Å². The van der Waals surface area contributed by atoms with E-state index in [2.05, 4.69) is 20.6 Å². The van der Waals surface area contributed by atoms with Crippen LogP contribution in [0.4, 0.5) is 24.8 Å². The number of nitrogens with zero attached hydrogens (tertiary/aromatic N) is 4. The van der Waals surface area contributed by atoms with E-state index in [9.17, 15) is 22.8 Å². The van der Waals surface area contributed by atoms with Crippen molar-refractivity contribution in [3.63, 3.8) is 0 Å². The Morgan fingerprint density at radius 3 is 2.73 bits per heavy atom. The first-order valence-electron chi connectivity index (χ1n) is 14.3. The lowest BCUT2D eigenvalue weighted by Crippen LogP contribution is -2.33. The molecule has 10 nitrogen and oxygen atoms in total. The number of fused-ring (bicyclic) bond motifs is 3. The molecule has 1 aliphatic carbocycles. The number of hydrogen-bond acceptors (Lipinski definition) is 7. The molecule has 0 spiro atoms. The van der Waals surface area contributed by atoms with Crippen LogP contribution in [0.5, 0.6) is 0 Å². The van der Waals surface area contributed by atoms with E-state index in [1.54, 1.807) is 30.5 Å². The highest BCUT2D eigenvalue weighted by Gasteiger charge is 2.33. The predicted octanol–water partition coefficient (Wildman–Crippen LogP) is 5.22. The lowest BCUT2D eigenvalue weighted by molar-refractivity contribution is -0.137. The third-order valence-electron chi connectivity index (χ3n) is 7.84. The van der Waals surface area contributed by atoms with Gasteiger partial charge in [0, 0.05) is 35.7 Å². The van der Waals surface area contributed by atoms with Gasteiger partial charge >= 0.3 is 6.18 Å². The summed E-state index contributed by atoms with van der Waals surface area (Å²) in [5.41, 5.74) is 8.45. The number of hydrogen-bond donors (Lipinski definition) is 3. The molecule has 2 aliphatic rings. The first kappa shape index (κ1) is 29.3. The number of alkyl halides is 3. The summed E-state index contributed by atoms with van der Waals surface area (Å²) < 4.78 is 46.9. The van der Waals surface area contributed by atoms with Gasteiger partial charge in [0.25, 0.3) is 5.91 Å². The lowest BCUT2D eigenvalue weighted by Gasteiger charge is -2.14. The van der Waals surface area contributed by atoms with Gasteiger partial charge in [0.05, 0.1) is 30.7 Å². The Labute approximate surface area is 250 Å². The van der Waals surface area contributed by atoms with Crippen LogP contribution in [0.3, 0.4) is 0 Å². The second kappa shape index (κ2) is 12.1. The zero-order valence-corrected chi connectivity index (χ0v) is 23.6. The van der Waals surface area contributed by atoms with Crippen molar-refractivity contribution in [2.75, 3.05) is 24.3 Å². The average Bonchev–Trinajstić information content (AvgIpc) is 3.62. The minimum Gasteiger partial charge on any atom is -0.382 e. The molecule has 1 fully saturated rings. The molecule has 3 aromatic heterocycles. The highest BCUT2D eigenvalue weighted by Crippen LogP contribution is 2.39. The summed E-state index contributed by atoms with van der Waals surface area (Å²) in [4.78, 5) is 38.6. The second-order valence-corrected chi connectivity index (χ2v) is 10.9. The van der Waals surface area contributed by atoms with E-state index in [-0.39, 0.29) is 35.1 Å². The highest BCUT2D eigenvalue weighted by molar-refractivity contribution is 6.04. The van der Waals surface area contributed by atoms with Crippen molar-refractivity contribution in [1.29, 1.82) is 0 Å². The number of rotatable bonds is 3. The van der Waals surface area contributed by atoms with Crippen LogP contribution in [0, 0.1) is 0 Å². The summed E-state index contributed by atoms with van der Waals surface area (Å²) in [6.45, 7) is 0.851. The molecule has 2 amide bonds. The third kappa shape index (κ3) is 6.13. The number of carbonyl (C=O) groups is 2. The van der Waals surface area contributed by atoms with Gasteiger partial charge in [-0.3, -0.25) is 14.0 Å².